The molecule has 4 nitrogen and oxygen atoms in total. The Bertz CT molecular complexity index is 781. The Morgan fingerprint density at radius 2 is 0.885 bits per heavy atom. The highest BCUT2D eigenvalue weighted by Crippen LogP contribution is 2.12. The fourth-order valence-corrected chi connectivity index (χ4v) is 2.40. The quantitative estimate of drug-likeness (QED) is 0.483. The number of nitrogens with zero attached hydrogens (tertiary/aromatic N) is 4. The number of hydrogen-bond acceptors (Lipinski definition) is 4. The van der Waals surface area contributed by atoms with Gasteiger partial charge in [-0.15, -0.1) is 0 Å². The van der Waals surface area contributed by atoms with E-state index in [0.717, 1.165) is 22.5 Å². The second kappa shape index (κ2) is 8.62. The average Bonchev–Trinajstić information content (AvgIpc) is 2.72. The molecule has 0 bridgehead atoms. The minimum absolute atomic E-state index is 1.04. The first-order valence-electron chi connectivity index (χ1n) is 8.48. The Balaban J connectivity index is 1.61. The van der Waals surface area contributed by atoms with Crippen LogP contribution in [0.5, 0.6) is 0 Å². The van der Waals surface area contributed by atoms with Gasteiger partial charge in [-0.25, -0.2) is 0 Å². The van der Waals surface area contributed by atoms with Gasteiger partial charge in [0, 0.05) is 14.1 Å². The first-order valence-corrected chi connectivity index (χ1v) is 8.48. The maximum Gasteiger partial charge on any atom is 0.0590 e. The van der Waals surface area contributed by atoms with E-state index in [4.69, 9.17) is 0 Å². The SMILES string of the molecule is CN(/N=C/c1ccc(/C=N/N(C)c2ccccc2)cc1)c1ccccc1. The van der Waals surface area contributed by atoms with Gasteiger partial charge in [0.15, 0.2) is 0 Å². The average molecular weight is 342 g/mol. The van der Waals surface area contributed by atoms with E-state index < -0.39 is 0 Å². The van der Waals surface area contributed by atoms with Gasteiger partial charge >= 0.3 is 0 Å². The van der Waals surface area contributed by atoms with Gasteiger partial charge in [0.05, 0.1) is 23.8 Å². The lowest BCUT2D eigenvalue weighted by atomic mass is 10.2. The lowest BCUT2D eigenvalue weighted by Gasteiger charge is -2.12. The number of benzene rings is 3. The second-order valence-corrected chi connectivity index (χ2v) is 5.87. The molecule has 3 rings (SSSR count). The van der Waals surface area contributed by atoms with Crippen LogP contribution in [0.3, 0.4) is 0 Å². The van der Waals surface area contributed by atoms with Crippen molar-refractivity contribution in [3.63, 3.8) is 0 Å². The lowest BCUT2D eigenvalue weighted by Crippen LogP contribution is -2.08. The predicted octanol–water partition coefficient (Wildman–Crippen LogP) is 4.63. The number of anilines is 2. The smallest absolute Gasteiger partial charge is 0.0590 e. The van der Waals surface area contributed by atoms with Gasteiger partial charge in [0.1, 0.15) is 0 Å². The summed E-state index contributed by atoms with van der Waals surface area (Å²) < 4.78 is 0. The highest BCUT2D eigenvalue weighted by molar-refractivity contribution is 5.84. The predicted molar refractivity (Wildman–Crippen MR) is 111 cm³/mol. The summed E-state index contributed by atoms with van der Waals surface area (Å²) in [4.78, 5) is 0. The summed E-state index contributed by atoms with van der Waals surface area (Å²) in [7, 11) is 3.87. The van der Waals surface area contributed by atoms with Crippen molar-refractivity contribution in [1.29, 1.82) is 0 Å². The monoisotopic (exact) mass is 342 g/mol. The maximum atomic E-state index is 4.47. The molecule has 26 heavy (non-hydrogen) atoms. The molecule has 0 spiro atoms. The number of hydrogen-bond donors (Lipinski definition) is 0. The summed E-state index contributed by atoms with van der Waals surface area (Å²) in [5, 5.41) is 12.7. The molecule has 0 N–H and O–H groups in total. The van der Waals surface area contributed by atoms with Crippen LogP contribution in [0, 0.1) is 0 Å². The first-order chi connectivity index (χ1) is 12.7. The molecule has 0 amide bonds. The maximum absolute atomic E-state index is 4.47. The lowest BCUT2D eigenvalue weighted by molar-refractivity contribution is 1.02. The van der Waals surface area contributed by atoms with Crippen molar-refractivity contribution in [2.24, 2.45) is 10.2 Å². The largest absolute Gasteiger partial charge is 0.269 e. The molecule has 0 saturated heterocycles. The Labute approximate surface area is 154 Å². The molecule has 3 aromatic carbocycles. The van der Waals surface area contributed by atoms with Crippen molar-refractivity contribution in [3.8, 4) is 0 Å². The molecule has 0 saturated carbocycles. The van der Waals surface area contributed by atoms with Crippen LogP contribution < -0.4 is 10.0 Å². The van der Waals surface area contributed by atoms with Crippen molar-refractivity contribution < 1.29 is 0 Å². The minimum Gasteiger partial charge on any atom is -0.269 e. The Morgan fingerprint density at radius 3 is 1.23 bits per heavy atom. The van der Waals surface area contributed by atoms with Crippen LogP contribution in [0.25, 0.3) is 0 Å². The summed E-state index contributed by atoms with van der Waals surface area (Å²) in [6.45, 7) is 0. The third-order valence-electron chi connectivity index (χ3n) is 3.96. The van der Waals surface area contributed by atoms with Crippen molar-refractivity contribution in [2.75, 3.05) is 24.1 Å². The molecule has 0 radical (unpaired) electrons. The van der Waals surface area contributed by atoms with Crippen LogP contribution in [0.2, 0.25) is 0 Å². The van der Waals surface area contributed by atoms with Gasteiger partial charge in [-0.1, -0.05) is 60.7 Å². The Morgan fingerprint density at radius 1 is 0.538 bits per heavy atom. The molecule has 4 heteroatoms. The zero-order valence-corrected chi connectivity index (χ0v) is 15.0. The molecule has 3 aromatic rings. The van der Waals surface area contributed by atoms with Crippen LogP contribution in [0.4, 0.5) is 11.4 Å². The summed E-state index contributed by atoms with van der Waals surface area (Å²) >= 11 is 0. The highest BCUT2D eigenvalue weighted by Gasteiger charge is 1.97. The first kappa shape index (κ1) is 17.4. The van der Waals surface area contributed by atoms with Crippen LogP contribution >= 0.6 is 0 Å². The van der Waals surface area contributed by atoms with Crippen LogP contribution in [-0.2, 0) is 0 Å². The Hall–Kier alpha value is -3.40. The molecule has 0 heterocycles. The van der Waals surface area contributed by atoms with Crippen LogP contribution in [0.1, 0.15) is 11.1 Å². The zero-order chi connectivity index (χ0) is 18.2. The van der Waals surface area contributed by atoms with Gasteiger partial charge in [-0.05, 0) is 35.4 Å². The van der Waals surface area contributed by atoms with E-state index in [1.54, 1.807) is 0 Å². The van der Waals surface area contributed by atoms with Gasteiger partial charge in [-0.2, -0.15) is 10.2 Å². The molecule has 0 atom stereocenters. The van der Waals surface area contributed by atoms with Gasteiger partial charge < -0.3 is 0 Å². The summed E-state index contributed by atoms with van der Waals surface area (Å²) in [6, 6.07) is 28.2. The molecule has 0 fully saturated rings. The highest BCUT2D eigenvalue weighted by atomic mass is 15.4. The fourth-order valence-electron chi connectivity index (χ4n) is 2.40. The number of para-hydroxylation sites is 2. The van der Waals surface area contributed by atoms with E-state index in [2.05, 4.69) is 10.2 Å². The molecule has 0 aromatic heterocycles. The molecule has 0 unspecified atom stereocenters. The van der Waals surface area contributed by atoms with Gasteiger partial charge in [0.2, 0.25) is 0 Å². The topological polar surface area (TPSA) is 31.2 Å². The number of rotatable bonds is 6. The van der Waals surface area contributed by atoms with E-state index >= 15 is 0 Å². The van der Waals surface area contributed by atoms with Gasteiger partial charge in [0.25, 0.3) is 0 Å². The standard InChI is InChI=1S/C22H22N4/c1-25(21-9-5-3-6-10-21)23-17-19-13-15-20(16-14-19)18-24-26(2)22-11-7-4-8-12-22/h3-18H,1-2H3/b23-17+,24-18+. The summed E-state index contributed by atoms with van der Waals surface area (Å²) in [5.74, 6) is 0. The van der Waals surface area contributed by atoms with Crippen molar-refractivity contribution >= 4 is 23.8 Å². The van der Waals surface area contributed by atoms with E-state index in [-0.39, 0.29) is 0 Å². The van der Waals surface area contributed by atoms with Gasteiger partial charge in [-0.3, -0.25) is 10.0 Å². The summed E-state index contributed by atoms with van der Waals surface area (Å²) in [5.41, 5.74) is 4.19. The van der Waals surface area contributed by atoms with Crippen molar-refractivity contribution in [1.82, 2.24) is 0 Å². The van der Waals surface area contributed by atoms with Crippen LogP contribution in [0.15, 0.2) is 95.1 Å². The number of hydrazone groups is 2. The van der Waals surface area contributed by atoms with E-state index in [9.17, 15) is 0 Å². The van der Waals surface area contributed by atoms with Crippen molar-refractivity contribution in [2.45, 2.75) is 0 Å². The molecular weight excluding hydrogens is 320 g/mol. The third-order valence-corrected chi connectivity index (χ3v) is 3.96. The second-order valence-electron chi connectivity index (χ2n) is 5.87. The normalized spacial score (nSPS) is 11.2. The van der Waals surface area contributed by atoms with E-state index in [1.165, 1.54) is 0 Å². The van der Waals surface area contributed by atoms with E-state index in [1.807, 2.05) is 121 Å². The summed E-state index contributed by atoms with van der Waals surface area (Å²) in [6.07, 6.45) is 3.70. The minimum atomic E-state index is 1.04. The van der Waals surface area contributed by atoms with Crippen molar-refractivity contribution in [3.05, 3.63) is 96.1 Å². The Kier molecular flexibility index (Phi) is 5.78. The third kappa shape index (κ3) is 4.80. The molecule has 0 aliphatic rings. The van der Waals surface area contributed by atoms with E-state index in [0.29, 0.717) is 0 Å². The molecule has 0 aliphatic carbocycles. The fraction of sp³-hybridized carbons (Fsp3) is 0.0909. The van der Waals surface area contributed by atoms with Crippen LogP contribution in [-0.4, -0.2) is 26.5 Å². The zero-order valence-electron chi connectivity index (χ0n) is 15.0. The molecular formula is C22H22N4. The molecule has 130 valence electrons. The molecule has 0 aliphatic heterocycles.